The van der Waals surface area contributed by atoms with E-state index < -0.39 is 17.7 Å². The zero-order valence-electron chi connectivity index (χ0n) is 20.0. The van der Waals surface area contributed by atoms with Gasteiger partial charge in [-0.25, -0.2) is 0 Å². The van der Waals surface area contributed by atoms with Gasteiger partial charge in [-0.05, 0) is 47.9 Å². The fourth-order valence-electron chi connectivity index (χ4n) is 4.75. The lowest BCUT2D eigenvalue weighted by Gasteiger charge is -2.25. The lowest BCUT2D eigenvalue weighted by Crippen LogP contribution is -2.31. The normalized spacial score (nSPS) is 17.1. The van der Waals surface area contributed by atoms with E-state index in [1.807, 2.05) is 42.6 Å². The number of nitrogens with zero attached hydrogens (tertiary/aromatic N) is 1. The van der Waals surface area contributed by atoms with Crippen LogP contribution in [0.2, 0.25) is 0 Å². The van der Waals surface area contributed by atoms with Crippen molar-refractivity contribution in [3.63, 3.8) is 0 Å². The number of ketones is 1. The summed E-state index contributed by atoms with van der Waals surface area (Å²) < 4.78 is 10.8. The van der Waals surface area contributed by atoms with Gasteiger partial charge in [0.2, 0.25) is 0 Å². The van der Waals surface area contributed by atoms with Gasteiger partial charge in [-0.3, -0.25) is 9.59 Å². The third kappa shape index (κ3) is 4.09. The first-order valence-electron chi connectivity index (χ1n) is 11.6. The Kier molecular flexibility index (Phi) is 6.21. The molecule has 2 heterocycles. The van der Waals surface area contributed by atoms with Crippen molar-refractivity contribution >= 4 is 28.4 Å². The molecule has 0 radical (unpaired) electrons. The maximum Gasteiger partial charge on any atom is 0.295 e. The predicted octanol–water partition coefficient (Wildman–Crippen LogP) is 4.85. The number of benzene rings is 3. The maximum atomic E-state index is 13.3. The number of hydrogen-bond donors (Lipinski definition) is 2. The van der Waals surface area contributed by atoms with Crippen molar-refractivity contribution < 1.29 is 24.2 Å². The first-order valence-corrected chi connectivity index (χ1v) is 11.6. The number of nitrogens with one attached hydrogen (secondary N) is 1. The van der Waals surface area contributed by atoms with E-state index in [2.05, 4.69) is 4.98 Å². The number of fused-ring (bicyclic) bond motifs is 1. The number of aromatic nitrogens is 1. The molecule has 1 atom stereocenters. The van der Waals surface area contributed by atoms with E-state index in [4.69, 9.17) is 9.47 Å². The highest BCUT2D eigenvalue weighted by Crippen LogP contribution is 2.40. The van der Waals surface area contributed by atoms with Crippen molar-refractivity contribution in [2.45, 2.75) is 12.5 Å². The number of carbonyl (C=O) groups excluding carboxylic acids is 2. The molecule has 4 aromatic rings. The number of carbonyl (C=O) groups is 2. The van der Waals surface area contributed by atoms with Crippen LogP contribution in [-0.4, -0.2) is 47.4 Å². The molecule has 0 unspecified atom stereocenters. The van der Waals surface area contributed by atoms with Gasteiger partial charge in [0.05, 0.1) is 25.8 Å². The Morgan fingerprint density at radius 1 is 0.944 bits per heavy atom. The molecule has 3 aromatic carbocycles. The fraction of sp³-hybridized carbons (Fsp3) is 0.172. The zero-order valence-corrected chi connectivity index (χ0v) is 20.0. The highest BCUT2D eigenvalue weighted by molar-refractivity contribution is 6.46. The van der Waals surface area contributed by atoms with Crippen LogP contribution in [0.25, 0.3) is 16.7 Å². The summed E-state index contributed by atoms with van der Waals surface area (Å²) >= 11 is 0. The molecular formula is C29H26N2O5. The Balaban J connectivity index is 1.56. The zero-order chi connectivity index (χ0) is 25.2. The van der Waals surface area contributed by atoms with Crippen LogP contribution in [0.1, 0.15) is 22.7 Å². The van der Waals surface area contributed by atoms with Crippen LogP contribution in [0.5, 0.6) is 11.5 Å². The van der Waals surface area contributed by atoms with Gasteiger partial charge < -0.3 is 24.5 Å². The molecule has 1 amide bonds. The van der Waals surface area contributed by atoms with E-state index in [-0.39, 0.29) is 17.9 Å². The van der Waals surface area contributed by atoms with Gasteiger partial charge in [0.25, 0.3) is 11.7 Å². The first-order chi connectivity index (χ1) is 17.5. The topological polar surface area (TPSA) is 91.9 Å². The molecule has 1 fully saturated rings. The number of methoxy groups -OCH3 is 2. The molecule has 0 bridgehead atoms. The van der Waals surface area contributed by atoms with Crippen molar-refractivity contribution in [1.82, 2.24) is 9.88 Å². The number of H-pyrrole nitrogens is 1. The Hall–Kier alpha value is -4.52. The Morgan fingerprint density at radius 2 is 1.69 bits per heavy atom. The predicted molar refractivity (Wildman–Crippen MR) is 137 cm³/mol. The monoisotopic (exact) mass is 482 g/mol. The molecular weight excluding hydrogens is 456 g/mol. The largest absolute Gasteiger partial charge is 0.507 e. The maximum absolute atomic E-state index is 13.3. The summed E-state index contributed by atoms with van der Waals surface area (Å²) in [5.74, 6) is -0.201. The van der Waals surface area contributed by atoms with Crippen LogP contribution in [-0.2, 0) is 16.0 Å². The van der Waals surface area contributed by atoms with E-state index in [1.165, 1.54) is 4.90 Å². The molecule has 0 saturated carbocycles. The second-order valence-electron chi connectivity index (χ2n) is 8.61. The quantitative estimate of drug-likeness (QED) is 0.223. The lowest BCUT2D eigenvalue weighted by molar-refractivity contribution is -0.139. The molecule has 7 heteroatoms. The lowest BCUT2D eigenvalue weighted by atomic mass is 9.95. The average molecular weight is 483 g/mol. The van der Waals surface area contributed by atoms with Crippen LogP contribution < -0.4 is 9.47 Å². The van der Waals surface area contributed by atoms with Gasteiger partial charge in [-0.1, -0.05) is 42.5 Å². The standard InChI is InChI=1S/C29H26N2O5/c1-35-21-10-6-9-19(15-21)26-25(27(32)18-7-4-3-5-8-18)28(33)29(34)31(26)14-13-20-17-30-24-12-11-22(36-2)16-23(20)24/h3-12,15-17,26,30,32H,13-14H2,1-2H3/t26-/m0/s1. The molecule has 1 aromatic heterocycles. The summed E-state index contributed by atoms with van der Waals surface area (Å²) in [5, 5.41) is 12.2. The Labute approximate surface area is 208 Å². The molecule has 1 aliphatic rings. The number of likely N-dealkylation sites (tertiary alicyclic amines) is 1. The third-order valence-corrected chi connectivity index (χ3v) is 6.59. The number of hydrogen-bond acceptors (Lipinski definition) is 5. The molecule has 1 saturated heterocycles. The minimum atomic E-state index is -0.750. The molecule has 182 valence electrons. The second-order valence-corrected chi connectivity index (χ2v) is 8.61. The molecule has 0 spiro atoms. The first kappa shape index (κ1) is 23.2. The third-order valence-electron chi connectivity index (χ3n) is 6.59. The number of Topliss-reactive ketones (excluding diaryl/α,β-unsaturated/α-hetero) is 1. The van der Waals surface area contributed by atoms with E-state index in [0.717, 1.165) is 22.2 Å². The number of amides is 1. The summed E-state index contributed by atoms with van der Waals surface area (Å²) in [6, 6.07) is 21.1. The van der Waals surface area contributed by atoms with Gasteiger partial charge in [0, 0.05) is 29.2 Å². The molecule has 2 N–H and O–H groups in total. The smallest absolute Gasteiger partial charge is 0.295 e. The summed E-state index contributed by atoms with van der Waals surface area (Å²) in [6.45, 7) is 0.280. The number of aromatic amines is 1. The van der Waals surface area contributed by atoms with Gasteiger partial charge in [-0.2, -0.15) is 0 Å². The molecule has 0 aliphatic carbocycles. The van der Waals surface area contributed by atoms with E-state index >= 15 is 0 Å². The number of rotatable bonds is 7. The minimum Gasteiger partial charge on any atom is -0.507 e. The van der Waals surface area contributed by atoms with E-state index in [1.54, 1.807) is 50.6 Å². The van der Waals surface area contributed by atoms with Crippen molar-refractivity contribution in [2.24, 2.45) is 0 Å². The van der Waals surface area contributed by atoms with Crippen LogP contribution in [0.4, 0.5) is 0 Å². The van der Waals surface area contributed by atoms with E-state index in [9.17, 15) is 14.7 Å². The molecule has 5 rings (SSSR count). The minimum absolute atomic E-state index is 0.0695. The number of aliphatic hydroxyl groups is 1. The van der Waals surface area contributed by atoms with Crippen LogP contribution in [0.15, 0.2) is 84.6 Å². The van der Waals surface area contributed by atoms with Crippen LogP contribution >= 0.6 is 0 Å². The second kappa shape index (κ2) is 9.62. The van der Waals surface area contributed by atoms with Crippen molar-refractivity contribution in [3.8, 4) is 11.5 Å². The van der Waals surface area contributed by atoms with Crippen molar-refractivity contribution in [3.05, 3.63) is 101 Å². The van der Waals surface area contributed by atoms with E-state index in [0.29, 0.717) is 23.3 Å². The highest BCUT2D eigenvalue weighted by atomic mass is 16.5. The summed E-state index contributed by atoms with van der Waals surface area (Å²) in [4.78, 5) is 31.3. The van der Waals surface area contributed by atoms with Gasteiger partial charge in [-0.15, -0.1) is 0 Å². The number of aliphatic hydroxyl groups excluding tert-OH is 1. The van der Waals surface area contributed by atoms with Crippen molar-refractivity contribution in [2.75, 3.05) is 20.8 Å². The average Bonchev–Trinajstić information content (AvgIpc) is 3.44. The van der Waals surface area contributed by atoms with Crippen LogP contribution in [0.3, 0.4) is 0 Å². The molecule has 1 aliphatic heterocycles. The highest BCUT2D eigenvalue weighted by Gasteiger charge is 2.46. The van der Waals surface area contributed by atoms with Gasteiger partial charge >= 0.3 is 0 Å². The van der Waals surface area contributed by atoms with Crippen LogP contribution in [0, 0.1) is 0 Å². The fourth-order valence-corrected chi connectivity index (χ4v) is 4.75. The number of ether oxygens (including phenoxy) is 2. The summed E-state index contributed by atoms with van der Waals surface area (Å²) in [7, 11) is 3.18. The molecule has 36 heavy (non-hydrogen) atoms. The van der Waals surface area contributed by atoms with Gasteiger partial charge in [0.15, 0.2) is 0 Å². The Bertz CT molecular complexity index is 1470. The van der Waals surface area contributed by atoms with Gasteiger partial charge in [0.1, 0.15) is 17.3 Å². The summed E-state index contributed by atoms with van der Waals surface area (Å²) in [6.07, 6.45) is 2.41. The summed E-state index contributed by atoms with van der Waals surface area (Å²) in [5.41, 5.74) is 3.19. The van der Waals surface area contributed by atoms with Crippen molar-refractivity contribution in [1.29, 1.82) is 0 Å². The molecule has 7 nitrogen and oxygen atoms in total. The SMILES string of the molecule is COc1cccc([C@H]2C(=C(O)c3ccccc3)C(=O)C(=O)N2CCc2c[nH]c3ccc(OC)cc23)c1. The Morgan fingerprint density at radius 3 is 2.44 bits per heavy atom.